The SMILES string of the molecule is CC(=O)c1ccc(OCc2c(F)cccc2Cl)c(F)c1. The Morgan fingerprint density at radius 3 is 2.55 bits per heavy atom. The molecule has 0 aliphatic rings. The quantitative estimate of drug-likeness (QED) is 0.782. The van der Waals surface area contributed by atoms with Gasteiger partial charge in [0.05, 0.1) is 5.02 Å². The molecule has 20 heavy (non-hydrogen) atoms. The van der Waals surface area contributed by atoms with Gasteiger partial charge in [0.15, 0.2) is 17.3 Å². The Bertz CT molecular complexity index is 636. The van der Waals surface area contributed by atoms with Crippen LogP contribution in [-0.4, -0.2) is 5.78 Å². The lowest BCUT2D eigenvalue weighted by Crippen LogP contribution is -2.02. The molecule has 0 aromatic heterocycles. The van der Waals surface area contributed by atoms with Crippen molar-refractivity contribution in [2.24, 2.45) is 0 Å². The van der Waals surface area contributed by atoms with Gasteiger partial charge < -0.3 is 4.74 Å². The van der Waals surface area contributed by atoms with Crippen LogP contribution in [0.4, 0.5) is 8.78 Å². The highest BCUT2D eigenvalue weighted by atomic mass is 35.5. The number of Topliss-reactive ketones (excluding diaryl/α,β-unsaturated/α-hetero) is 1. The summed E-state index contributed by atoms with van der Waals surface area (Å²) in [6.07, 6.45) is 0. The third-order valence-electron chi connectivity index (χ3n) is 2.77. The fraction of sp³-hybridized carbons (Fsp3) is 0.133. The normalized spacial score (nSPS) is 10.4. The molecule has 104 valence electrons. The molecule has 0 unspecified atom stereocenters. The van der Waals surface area contributed by atoms with Gasteiger partial charge in [0, 0.05) is 11.1 Å². The first-order valence-corrected chi connectivity index (χ1v) is 6.23. The Morgan fingerprint density at radius 1 is 1.20 bits per heavy atom. The molecule has 2 nitrogen and oxygen atoms in total. The van der Waals surface area contributed by atoms with Crippen LogP contribution in [0.25, 0.3) is 0 Å². The summed E-state index contributed by atoms with van der Waals surface area (Å²) in [7, 11) is 0. The van der Waals surface area contributed by atoms with Crippen LogP contribution >= 0.6 is 11.6 Å². The summed E-state index contributed by atoms with van der Waals surface area (Å²) < 4.78 is 32.4. The van der Waals surface area contributed by atoms with Gasteiger partial charge in [-0.15, -0.1) is 0 Å². The van der Waals surface area contributed by atoms with Gasteiger partial charge in [-0.25, -0.2) is 8.78 Å². The van der Waals surface area contributed by atoms with E-state index in [2.05, 4.69) is 0 Å². The molecule has 2 aromatic carbocycles. The van der Waals surface area contributed by atoms with Crippen molar-refractivity contribution in [3.63, 3.8) is 0 Å². The molecule has 0 saturated carbocycles. The molecule has 0 amide bonds. The van der Waals surface area contributed by atoms with Crippen molar-refractivity contribution < 1.29 is 18.3 Å². The second-order valence-electron chi connectivity index (χ2n) is 4.19. The first-order chi connectivity index (χ1) is 9.49. The smallest absolute Gasteiger partial charge is 0.165 e. The number of carbonyl (C=O) groups excluding carboxylic acids is 1. The molecule has 5 heteroatoms. The van der Waals surface area contributed by atoms with Gasteiger partial charge in [0.2, 0.25) is 0 Å². The average molecular weight is 297 g/mol. The Hall–Kier alpha value is -1.94. The van der Waals surface area contributed by atoms with Crippen LogP contribution in [0.1, 0.15) is 22.8 Å². The van der Waals surface area contributed by atoms with E-state index in [1.165, 1.54) is 37.3 Å². The van der Waals surface area contributed by atoms with E-state index in [1.54, 1.807) is 0 Å². The predicted molar refractivity (Wildman–Crippen MR) is 72.1 cm³/mol. The van der Waals surface area contributed by atoms with Gasteiger partial charge in [-0.1, -0.05) is 17.7 Å². The van der Waals surface area contributed by atoms with Crippen LogP contribution in [-0.2, 0) is 6.61 Å². The van der Waals surface area contributed by atoms with Crippen molar-refractivity contribution in [1.82, 2.24) is 0 Å². The van der Waals surface area contributed by atoms with Crippen molar-refractivity contribution in [1.29, 1.82) is 0 Å². The van der Waals surface area contributed by atoms with E-state index in [0.717, 1.165) is 6.07 Å². The monoisotopic (exact) mass is 296 g/mol. The van der Waals surface area contributed by atoms with Gasteiger partial charge >= 0.3 is 0 Å². The number of benzene rings is 2. The van der Waals surface area contributed by atoms with Crippen LogP contribution in [0.2, 0.25) is 5.02 Å². The number of ketones is 1. The number of ether oxygens (including phenoxy) is 1. The number of hydrogen-bond donors (Lipinski definition) is 0. The van der Waals surface area contributed by atoms with E-state index in [1.807, 2.05) is 0 Å². The average Bonchev–Trinajstić information content (AvgIpc) is 2.39. The molecule has 0 heterocycles. The fourth-order valence-electron chi connectivity index (χ4n) is 1.66. The molecule has 0 bridgehead atoms. The molecule has 0 aliphatic carbocycles. The molecule has 0 radical (unpaired) electrons. The summed E-state index contributed by atoms with van der Waals surface area (Å²) in [6, 6.07) is 8.12. The standard InChI is InChI=1S/C15H11ClF2O2/c1-9(19)10-5-6-15(14(18)7-10)20-8-11-12(16)3-2-4-13(11)17/h2-7H,8H2,1H3. The number of halogens is 3. The molecular weight excluding hydrogens is 286 g/mol. The van der Waals surface area contributed by atoms with Crippen LogP contribution in [0.3, 0.4) is 0 Å². The summed E-state index contributed by atoms with van der Waals surface area (Å²) >= 11 is 5.84. The minimum atomic E-state index is -0.676. The first kappa shape index (κ1) is 14.5. The summed E-state index contributed by atoms with van der Waals surface area (Å²) in [5.41, 5.74) is 0.406. The molecule has 0 spiro atoms. The van der Waals surface area contributed by atoms with Gasteiger partial charge in [0.1, 0.15) is 12.4 Å². The maximum Gasteiger partial charge on any atom is 0.165 e. The van der Waals surface area contributed by atoms with Gasteiger partial charge in [-0.2, -0.15) is 0 Å². The van der Waals surface area contributed by atoms with Gasteiger partial charge in [-0.3, -0.25) is 4.79 Å². The zero-order valence-corrected chi connectivity index (χ0v) is 11.4. The minimum absolute atomic E-state index is 0.0608. The van der Waals surface area contributed by atoms with E-state index in [9.17, 15) is 13.6 Å². The Labute approximate surface area is 119 Å². The summed E-state index contributed by atoms with van der Waals surface area (Å²) in [5.74, 6) is -1.50. The number of carbonyl (C=O) groups is 1. The molecule has 2 rings (SSSR count). The molecular formula is C15H11ClF2O2. The lowest BCUT2D eigenvalue weighted by Gasteiger charge is -2.10. The van der Waals surface area contributed by atoms with Crippen LogP contribution in [0, 0.1) is 11.6 Å². The summed E-state index contributed by atoms with van der Waals surface area (Å²) in [5, 5.41) is 0.214. The van der Waals surface area contributed by atoms with Crippen molar-refractivity contribution in [3.8, 4) is 5.75 Å². The van der Waals surface area contributed by atoms with E-state index < -0.39 is 11.6 Å². The maximum absolute atomic E-state index is 13.7. The lowest BCUT2D eigenvalue weighted by atomic mass is 10.1. The zero-order chi connectivity index (χ0) is 14.7. The highest BCUT2D eigenvalue weighted by Gasteiger charge is 2.11. The minimum Gasteiger partial charge on any atom is -0.486 e. The Balaban J connectivity index is 2.17. The molecule has 0 saturated heterocycles. The molecule has 0 N–H and O–H groups in total. The first-order valence-electron chi connectivity index (χ1n) is 5.85. The fourth-order valence-corrected chi connectivity index (χ4v) is 1.87. The second-order valence-corrected chi connectivity index (χ2v) is 4.60. The number of rotatable bonds is 4. The number of hydrogen-bond acceptors (Lipinski definition) is 2. The van der Waals surface area contributed by atoms with Gasteiger partial charge in [-0.05, 0) is 37.3 Å². The van der Waals surface area contributed by atoms with E-state index >= 15 is 0 Å². The van der Waals surface area contributed by atoms with E-state index in [0.29, 0.717) is 0 Å². The maximum atomic E-state index is 13.7. The molecule has 2 aromatic rings. The molecule has 0 atom stereocenters. The largest absolute Gasteiger partial charge is 0.486 e. The summed E-state index contributed by atoms with van der Waals surface area (Å²) in [4.78, 5) is 11.1. The Kier molecular flexibility index (Phi) is 4.35. The van der Waals surface area contributed by atoms with Crippen molar-refractivity contribution in [2.45, 2.75) is 13.5 Å². The van der Waals surface area contributed by atoms with E-state index in [4.69, 9.17) is 16.3 Å². The molecule has 0 aliphatic heterocycles. The van der Waals surface area contributed by atoms with Crippen LogP contribution < -0.4 is 4.74 Å². The predicted octanol–water partition coefficient (Wildman–Crippen LogP) is 4.40. The highest BCUT2D eigenvalue weighted by molar-refractivity contribution is 6.31. The summed E-state index contributed by atoms with van der Waals surface area (Å²) in [6.45, 7) is 1.15. The van der Waals surface area contributed by atoms with Crippen molar-refractivity contribution in [3.05, 3.63) is 64.2 Å². The third-order valence-corrected chi connectivity index (χ3v) is 3.13. The topological polar surface area (TPSA) is 26.3 Å². The van der Waals surface area contributed by atoms with Crippen LogP contribution in [0.5, 0.6) is 5.75 Å². The van der Waals surface area contributed by atoms with Gasteiger partial charge in [0.25, 0.3) is 0 Å². The highest BCUT2D eigenvalue weighted by Crippen LogP contribution is 2.23. The molecule has 0 fully saturated rings. The van der Waals surface area contributed by atoms with Crippen LogP contribution in [0.15, 0.2) is 36.4 Å². The van der Waals surface area contributed by atoms with E-state index in [-0.39, 0.29) is 34.3 Å². The zero-order valence-electron chi connectivity index (χ0n) is 10.6. The second kappa shape index (κ2) is 6.01. The third kappa shape index (κ3) is 3.14. The van der Waals surface area contributed by atoms with Crippen molar-refractivity contribution >= 4 is 17.4 Å². The Morgan fingerprint density at radius 2 is 1.95 bits per heavy atom. The lowest BCUT2D eigenvalue weighted by molar-refractivity contribution is 0.101. The van der Waals surface area contributed by atoms with Crippen molar-refractivity contribution in [2.75, 3.05) is 0 Å².